The summed E-state index contributed by atoms with van der Waals surface area (Å²) in [4.78, 5) is 12.8. The topological polar surface area (TPSA) is 93.4 Å². The number of aromatic nitrogens is 2. The van der Waals surface area contributed by atoms with Crippen LogP contribution in [-0.4, -0.2) is 47.5 Å². The van der Waals surface area contributed by atoms with Crippen molar-refractivity contribution in [3.05, 3.63) is 59.2 Å². The van der Waals surface area contributed by atoms with E-state index in [1.54, 1.807) is 24.3 Å². The second kappa shape index (κ2) is 9.56. The molecule has 32 heavy (non-hydrogen) atoms. The molecule has 4 rings (SSSR count). The van der Waals surface area contributed by atoms with Crippen LogP contribution in [0.4, 0.5) is 0 Å². The molecule has 0 bridgehead atoms. The van der Waals surface area contributed by atoms with Gasteiger partial charge in [0.05, 0.1) is 10.6 Å². The fraction of sp³-hybridized carbons (Fsp3) is 0.348. The summed E-state index contributed by atoms with van der Waals surface area (Å²) in [5, 5.41) is 8.33. The summed E-state index contributed by atoms with van der Waals surface area (Å²) < 4.78 is 33.1. The molecule has 7 nitrogen and oxygen atoms in total. The number of nitrogens with zero attached hydrogens (tertiary/aromatic N) is 3. The van der Waals surface area contributed by atoms with Crippen LogP contribution in [0.15, 0.2) is 57.0 Å². The maximum absolute atomic E-state index is 13.0. The van der Waals surface area contributed by atoms with Crippen LogP contribution in [-0.2, 0) is 10.0 Å². The SMILES string of the molecule is Cc1ccc(C)c(C(=O)CSc2nnc(-c3cccc(S(=O)(=O)N4CCCCC4)c3)o2)c1. The maximum atomic E-state index is 13.0. The molecule has 0 unspecified atom stereocenters. The molecule has 1 aliphatic rings. The van der Waals surface area contributed by atoms with Crippen LogP contribution >= 0.6 is 11.8 Å². The predicted molar refractivity (Wildman–Crippen MR) is 123 cm³/mol. The van der Waals surface area contributed by atoms with Crippen molar-refractivity contribution in [3.63, 3.8) is 0 Å². The molecule has 0 amide bonds. The van der Waals surface area contributed by atoms with Gasteiger partial charge < -0.3 is 4.42 Å². The monoisotopic (exact) mass is 471 g/mol. The lowest BCUT2D eigenvalue weighted by Crippen LogP contribution is -2.35. The van der Waals surface area contributed by atoms with E-state index in [-0.39, 0.29) is 27.5 Å². The number of Topliss-reactive ketones (excluding diaryl/α,β-unsaturated/α-hetero) is 1. The summed E-state index contributed by atoms with van der Waals surface area (Å²) in [6.07, 6.45) is 2.81. The zero-order valence-electron chi connectivity index (χ0n) is 18.1. The third-order valence-corrected chi connectivity index (χ3v) is 8.17. The molecule has 2 heterocycles. The molecule has 1 saturated heterocycles. The van der Waals surface area contributed by atoms with Crippen LogP contribution in [0.1, 0.15) is 40.7 Å². The van der Waals surface area contributed by atoms with E-state index in [1.165, 1.54) is 16.1 Å². The Morgan fingerprint density at radius 2 is 1.84 bits per heavy atom. The number of sulfonamides is 1. The third kappa shape index (κ3) is 4.95. The van der Waals surface area contributed by atoms with Crippen LogP contribution in [0.25, 0.3) is 11.5 Å². The Labute approximate surface area is 192 Å². The lowest BCUT2D eigenvalue weighted by molar-refractivity contribution is 0.102. The first-order valence-corrected chi connectivity index (χ1v) is 12.9. The zero-order chi connectivity index (χ0) is 22.7. The van der Waals surface area contributed by atoms with Gasteiger partial charge >= 0.3 is 0 Å². The van der Waals surface area contributed by atoms with Crippen molar-refractivity contribution in [1.82, 2.24) is 14.5 Å². The van der Waals surface area contributed by atoms with Gasteiger partial charge in [-0.25, -0.2) is 8.42 Å². The van der Waals surface area contributed by atoms with Crippen LogP contribution in [0.5, 0.6) is 0 Å². The summed E-state index contributed by atoms with van der Waals surface area (Å²) in [6.45, 7) is 4.95. The largest absolute Gasteiger partial charge is 0.411 e. The molecule has 0 radical (unpaired) electrons. The average molecular weight is 472 g/mol. The molecular formula is C23H25N3O4S2. The minimum atomic E-state index is -3.55. The summed E-state index contributed by atoms with van der Waals surface area (Å²) in [7, 11) is -3.55. The van der Waals surface area contributed by atoms with Gasteiger partial charge in [-0.2, -0.15) is 4.31 Å². The molecule has 0 aliphatic carbocycles. The minimum Gasteiger partial charge on any atom is -0.411 e. The lowest BCUT2D eigenvalue weighted by atomic mass is 10.0. The Kier molecular flexibility index (Phi) is 6.78. The molecule has 168 valence electrons. The number of hydrogen-bond donors (Lipinski definition) is 0. The Morgan fingerprint density at radius 3 is 2.62 bits per heavy atom. The molecule has 9 heteroatoms. The lowest BCUT2D eigenvalue weighted by Gasteiger charge is -2.25. The first-order valence-electron chi connectivity index (χ1n) is 10.5. The van der Waals surface area contributed by atoms with Gasteiger partial charge in [-0.3, -0.25) is 4.79 Å². The fourth-order valence-corrected chi connectivity index (χ4v) is 5.88. The smallest absolute Gasteiger partial charge is 0.277 e. The fourth-order valence-electron chi connectivity index (χ4n) is 3.67. The number of thioether (sulfide) groups is 1. The zero-order valence-corrected chi connectivity index (χ0v) is 19.7. The van der Waals surface area contributed by atoms with E-state index in [2.05, 4.69) is 10.2 Å². The highest BCUT2D eigenvalue weighted by Crippen LogP contribution is 2.28. The molecule has 0 spiro atoms. The van der Waals surface area contributed by atoms with E-state index in [9.17, 15) is 13.2 Å². The predicted octanol–water partition coefficient (Wildman–Crippen LogP) is 4.50. The Morgan fingerprint density at radius 1 is 1.06 bits per heavy atom. The normalized spacial score (nSPS) is 15.1. The summed E-state index contributed by atoms with van der Waals surface area (Å²) in [6, 6.07) is 12.3. The van der Waals surface area contributed by atoms with E-state index in [1.807, 2.05) is 32.0 Å². The minimum absolute atomic E-state index is 0.00873. The Bertz CT molecular complexity index is 1230. The van der Waals surface area contributed by atoms with E-state index in [4.69, 9.17) is 4.42 Å². The van der Waals surface area contributed by atoms with Crippen molar-refractivity contribution in [2.24, 2.45) is 0 Å². The number of benzene rings is 2. The Balaban J connectivity index is 1.47. The van der Waals surface area contributed by atoms with Gasteiger partial charge in [-0.1, -0.05) is 41.9 Å². The highest BCUT2D eigenvalue weighted by Gasteiger charge is 2.26. The Hall–Kier alpha value is -2.49. The first kappa shape index (κ1) is 22.7. The van der Waals surface area contributed by atoms with Gasteiger partial charge in [0.25, 0.3) is 5.22 Å². The van der Waals surface area contributed by atoms with Crippen LogP contribution < -0.4 is 0 Å². The summed E-state index contributed by atoms with van der Waals surface area (Å²) in [5.74, 6) is 0.392. The van der Waals surface area contributed by atoms with Crippen molar-refractivity contribution in [2.75, 3.05) is 18.8 Å². The van der Waals surface area contributed by atoms with Crippen molar-refractivity contribution < 1.29 is 17.6 Å². The van der Waals surface area contributed by atoms with E-state index in [0.717, 1.165) is 30.4 Å². The molecular weight excluding hydrogens is 446 g/mol. The maximum Gasteiger partial charge on any atom is 0.277 e. The second-order valence-corrected chi connectivity index (χ2v) is 10.8. The molecule has 1 fully saturated rings. The number of carbonyl (C=O) groups is 1. The van der Waals surface area contributed by atoms with Gasteiger partial charge in [0.2, 0.25) is 15.9 Å². The van der Waals surface area contributed by atoms with E-state index < -0.39 is 10.0 Å². The van der Waals surface area contributed by atoms with Crippen molar-refractivity contribution in [1.29, 1.82) is 0 Å². The number of hydrogen-bond acceptors (Lipinski definition) is 7. The van der Waals surface area contributed by atoms with Gasteiger partial charge in [0.1, 0.15) is 0 Å². The summed E-state index contributed by atoms with van der Waals surface area (Å²) in [5.41, 5.74) is 3.18. The number of aryl methyl sites for hydroxylation is 2. The average Bonchev–Trinajstić information content (AvgIpc) is 3.29. The summed E-state index contributed by atoms with van der Waals surface area (Å²) >= 11 is 1.17. The van der Waals surface area contributed by atoms with E-state index >= 15 is 0 Å². The van der Waals surface area contributed by atoms with Gasteiger partial charge in [0, 0.05) is 24.2 Å². The number of carbonyl (C=O) groups excluding carboxylic acids is 1. The number of piperidine rings is 1. The van der Waals surface area contributed by atoms with E-state index in [0.29, 0.717) is 24.2 Å². The van der Waals surface area contributed by atoms with Gasteiger partial charge in [0.15, 0.2) is 5.78 Å². The molecule has 0 N–H and O–H groups in total. The number of ketones is 1. The van der Waals surface area contributed by atoms with Crippen LogP contribution in [0.2, 0.25) is 0 Å². The number of rotatable bonds is 7. The van der Waals surface area contributed by atoms with Crippen LogP contribution in [0.3, 0.4) is 0 Å². The molecule has 1 aliphatic heterocycles. The van der Waals surface area contributed by atoms with Crippen molar-refractivity contribution in [3.8, 4) is 11.5 Å². The van der Waals surface area contributed by atoms with Crippen molar-refractivity contribution in [2.45, 2.75) is 43.2 Å². The quantitative estimate of drug-likeness (QED) is 0.370. The molecule has 1 aromatic heterocycles. The first-order chi connectivity index (χ1) is 15.3. The molecule has 0 saturated carbocycles. The standard InChI is InChI=1S/C23H25N3O4S2/c1-16-9-10-17(2)20(13-16)21(27)15-31-23-25-24-22(30-23)18-7-6-8-19(14-18)32(28,29)26-11-4-3-5-12-26/h6-10,13-14H,3-5,11-12,15H2,1-2H3. The van der Waals surface area contributed by atoms with Gasteiger partial charge in [-0.15, -0.1) is 10.2 Å². The molecule has 0 atom stereocenters. The second-order valence-electron chi connectivity index (χ2n) is 7.90. The van der Waals surface area contributed by atoms with Crippen molar-refractivity contribution >= 4 is 27.6 Å². The molecule has 3 aromatic rings. The highest BCUT2D eigenvalue weighted by atomic mass is 32.2. The molecule has 2 aromatic carbocycles. The van der Waals surface area contributed by atoms with Gasteiger partial charge in [-0.05, 0) is 56.5 Å². The highest BCUT2D eigenvalue weighted by molar-refractivity contribution is 7.99. The third-order valence-electron chi connectivity index (χ3n) is 5.46. The van der Waals surface area contributed by atoms with Crippen LogP contribution in [0, 0.1) is 13.8 Å².